The molecule has 0 aliphatic heterocycles. The van der Waals surface area contributed by atoms with Crippen molar-refractivity contribution in [2.24, 2.45) is 0 Å². The van der Waals surface area contributed by atoms with Crippen LogP contribution in [0.2, 0.25) is 0 Å². The van der Waals surface area contributed by atoms with Crippen molar-refractivity contribution < 1.29 is 4.74 Å². The third-order valence-corrected chi connectivity index (χ3v) is 1.12. The fraction of sp³-hybridized carbons (Fsp3) is 0.143. The molecule has 0 aromatic carbocycles. The van der Waals surface area contributed by atoms with E-state index in [2.05, 4.69) is 0 Å². The molecule has 0 amide bonds. The van der Waals surface area contributed by atoms with E-state index in [1.807, 2.05) is 12.2 Å². The summed E-state index contributed by atoms with van der Waals surface area (Å²) in [6.45, 7) is 0. The Kier molecular flexibility index (Phi) is 1.78. The van der Waals surface area contributed by atoms with Crippen LogP contribution in [0.4, 0.5) is 0 Å². The molecule has 1 rings (SSSR count). The zero-order chi connectivity index (χ0) is 6.69. The topological polar surface area (TPSA) is 9.23 Å². The molecule has 0 aromatic heterocycles. The van der Waals surface area contributed by atoms with Crippen LogP contribution in [0.1, 0.15) is 0 Å². The maximum atomic E-state index is 5.43. The summed E-state index contributed by atoms with van der Waals surface area (Å²) in [5, 5.41) is 0. The molecule has 0 fully saturated rings. The van der Waals surface area contributed by atoms with E-state index in [-0.39, 0.29) is 0 Å². The van der Waals surface area contributed by atoms with Gasteiger partial charge in [-0.3, -0.25) is 0 Å². The fourth-order valence-electron chi connectivity index (χ4n) is 0.604. The Labute approximate surface area is 56.1 Å². The fourth-order valence-corrected chi connectivity index (χ4v) is 0.604. The standard InChI is InChI=1S/C7H7BO/c1-9-7-4-2-6(8)3-5-7/h2-5H,1H3/q-1. The Morgan fingerprint density at radius 1 is 1.56 bits per heavy atom. The van der Waals surface area contributed by atoms with Gasteiger partial charge >= 0.3 is 55.2 Å². The molecule has 1 nitrogen and oxygen atoms in total. The van der Waals surface area contributed by atoms with Crippen LogP contribution in [-0.2, 0) is 4.74 Å². The maximum absolute atomic E-state index is 5.43. The molecule has 1 aliphatic rings. The molecule has 2 heteroatoms. The third-order valence-electron chi connectivity index (χ3n) is 1.12. The molecule has 0 saturated heterocycles. The molecule has 0 heterocycles. The summed E-state index contributed by atoms with van der Waals surface area (Å²) < 4.78 is 4.91. The molecular formula is C7H7BO-. The van der Waals surface area contributed by atoms with Crippen molar-refractivity contribution in [1.82, 2.24) is 0 Å². The minimum absolute atomic E-state index is 0.760. The average molecular weight is 118 g/mol. The molecular weight excluding hydrogens is 111 g/mol. The van der Waals surface area contributed by atoms with Crippen LogP contribution >= 0.6 is 0 Å². The SMILES string of the molecule is [B]=C1C=CC(OC)=C[CH-]1. The van der Waals surface area contributed by atoms with E-state index in [9.17, 15) is 0 Å². The third kappa shape index (κ3) is 1.49. The molecule has 0 N–H and O–H groups in total. The summed E-state index contributed by atoms with van der Waals surface area (Å²) in [6.07, 6.45) is 7.27. The van der Waals surface area contributed by atoms with Crippen molar-refractivity contribution in [3.8, 4) is 0 Å². The second-order valence-corrected chi connectivity index (χ2v) is 1.77. The molecule has 0 bridgehead atoms. The van der Waals surface area contributed by atoms with Crippen LogP contribution in [-0.4, -0.2) is 20.1 Å². The van der Waals surface area contributed by atoms with Gasteiger partial charge in [-0.1, -0.05) is 0 Å². The van der Waals surface area contributed by atoms with E-state index in [0.717, 1.165) is 11.2 Å². The quantitative estimate of drug-likeness (QED) is 0.362. The second kappa shape index (κ2) is 2.58. The van der Waals surface area contributed by atoms with Crippen molar-refractivity contribution in [2.75, 3.05) is 7.11 Å². The summed E-state index contributed by atoms with van der Waals surface area (Å²) in [4.78, 5) is 0. The van der Waals surface area contributed by atoms with Gasteiger partial charge in [-0.15, -0.1) is 0 Å². The van der Waals surface area contributed by atoms with E-state index in [4.69, 9.17) is 12.2 Å². The number of hydrogen-bond acceptors (Lipinski definition) is 1. The first-order valence-corrected chi connectivity index (χ1v) is 2.72. The number of hydrogen-bond donors (Lipinski definition) is 0. The number of methoxy groups -OCH3 is 1. The molecule has 45 valence electrons. The predicted octanol–water partition coefficient (Wildman–Crippen LogP) is 0.632. The number of ether oxygens (including phenoxy) is 1. The second-order valence-electron chi connectivity index (χ2n) is 1.77. The minimum atomic E-state index is 0.760. The Morgan fingerprint density at radius 2 is 2.33 bits per heavy atom. The van der Waals surface area contributed by atoms with Crippen LogP contribution in [0.25, 0.3) is 0 Å². The number of rotatable bonds is 1. The molecule has 0 aromatic rings. The van der Waals surface area contributed by atoms with E-state index in [1.54, 1.807) is 19.6 Å². The van der Waals surface area contributed by atoms with Gasteiger partial charge in [-0.25, -0.2) is 0 Å². The van der Waals surface area contributed by atoms with Crippen LogP contribution in [0.5, 0.6) is 0 Å². The van der Waals surface area contributed by atoms with Crippen LogP contribution in [0.3, 0.4) is 0 Å². The Balaban J connectivity index is 2.63. The summed E-state index contributed by atoms with van der Waals surface area (Å²) in [5.41, 5.74) is 0.760. The Morgan fingerprint density at radius 3 is 2.78 bits per heavy atom. The summed E-state index contributed by atoms with van der Waals surface area (Å²) in [5.74, 6) is 0.837. The molecule has 9 heavy (non-hydrogen) atoms. The summed E-state index contributed by atoms with van der Waals surface area (Å²) in [6, 6.07) is 0. The molecule has 0 atom stereocenters. The van der Waals surface area contributed by atoms with Gasteiger partial charge in [-0.2, -0.15) is 0 Å². The first-order chi connectivity index (χ1) is 4.33. The van der Waals surface area contributed by atoms with Crippen LogP contribution in [0.15, 0.2) is 24.0 Å². The zero-order valence-electron chi connectivity index (χ0n) is 5.29. The molecule has 1 radical (unpaired) electrons. The monoisotopic (exact) mass is 118 g/mol. The Bertz CT molecular complexity index is 179. The van der Waals surface area contributed by atoms with Crippen LogP contribution < -0.4 is 0 Å². The van der Waals surface area contributed by atoms with Gasteiger partial charge in [-0.05, 0) is 0 Å². The van der Waals surface area contributed by atoms with Gasteiger partial charge in [0.1, 0.15) is 0 Å². The predicted molar refractivity (Wildman–Crippen MR) is 39.3 cm³/mol. The van der Waals surface area contributed by atoms with E-state index in [1.165, 1.54) is 0 Å². The van der Waals surface area contributed by atoms with Gasteiger partial charge < -0.3 is 0 Å². The van der Waals surface area contributed by atoms with Crippen LogP contribution in [0, 0.1) is 6.42 Å². The van der Waals surface area contributed by atoms with Gasteiger partial charge in [0, 0.05) is 0 Å². The molecule has 1 aliphatic carbocycles. The van der Waals surface area contributed by atoms with E-state index in [0.29, 0.717) is 0 Å². The molecule has 0 saturated carbocycles. The van der Waals surface area contributed by atoms with Crippen molar-refractivity contribution in [3.05, 3.63) is 30.4 Å². The summed E-state index contributed by atoms with van der Waals surface area (Å²) >= 11 is 0. The van der Waals surface area contributed by atoms with Gasteiger partial charge in [0.2, 0.25) is 0 Å². The number of allylic oxidation sites excluding steroid dienone is 3. The normalized spacial score (nSPS) is 16.4. The molecule has 0 unspecified atom stereocenters. The first kappa shape index (κ1) is 6.21. The molecule has 0 spiro atoms. The Hall–Kier alpha value is -0.915. The first-order valence-electron chi connectivity index (χ1n) is 2.72. The van der Waals surface area contributed by atoms with Gasteiger partial charge in [0.25, 0.3) is 0 Å². The van der Waals surface area contributed by atoms with E-state index < -0.39 is 0 Å². The van der Waals surface area contributed by atoms with E-state index >= 15 is 0 Å². The van der Waals surface area contributed by atoms with Gasteiger partial charge in [0.05, 0.1) is 0 Å². The van der Waals surface area contributed by atoms with Crippen molar-refractivity contribution >= 4 is 13.0 Å². The summed E-state index contributed by atoms with van der Waals surface area (Å²) in [7, 11) is 7.06. The average Bonchev–Trinajstić information content (AvgIpc) is 1.90. The zero-order valence-corrected chi connectivity index (χ0v) is 5.29. The van der Waals surface area contributed by atoms with Crippen molar-refractivity contribution in [2.45, 2.75) is 0 Å². The van der Waals surface area contributed by atoms with Crippen molar-refractivity contribution in [1.29, 1.82) is 0 Å². The van der Waals surface area contributed by atoms with Gasteiger partial charge in [0.15, 0.2) is 0 Å². The van der Waals surface area contributed by atoms with Crippen molar-refractivity contribution in [3.63, 3.8) is 0 Å².